The highest BCUT2D eigenvalue weighted by molar-refractivity contribution is 6.17. The minimum absolute atomic E-state index is 0.587. The van der Waals surface area contributed by atoms with Crippen LogP contribution in [0.3, 0.4) is 0 Å². The van der Waals surface area contributed by atoms with Crippen LogP contribution in [-0.4, -0.2) is 10.4 Å². The van der Waals surface area contributed by atoms with Gasteiger partial charge in [0.1, 0.15) is 0 Å². The van der Waals surface area contributed by atoms with Crippen LogP contribution >= 0.6 is 11.6 Å². The highest BCUT2D eigenvalue weighted by Gasteiger charge is 2.00. The summed E-state index contributed by atoms with van der Waals surface area (Å²) >= 11 is 5.60. The molecular formula is C9H14ClN. The first-order valence-electron chi connectivity index (χ1n) is 4.03. The van der Waals surface area contributed by atoms with Crippen LogP contribution in [0.15, 0.2) is 24.5 Å². The molecule has 0 fully saturated rings. The van der Waals surface area contributed by atoms with Crippen LogP contribution in [0.2, 0.25) is 0 Å². The van der Waals surface area contributed by atoms with E-state index in [4.69, 9.17) is 11.6 Å². The number of hydrogen-bond acceptors (Lipinski definition) is 0. The maximum Gasteiger partial charge on any atom is 0.0302 e. The van der Waals surface area contributed by atoms with Crippen molar-refractivity contribution in [1.82, 2.24) is 4.57 Å². The summed E-state index contributed by atoms with van der Waals surface area (Å²) in [5, 5.41) is 0. The second kappa shape index (κ2) is 4.45. The van der Waals surface area contributed by atoms with Crippen molar-refractivity contribution in [2.75, 3.05) is 5.88 Å². The lowest BCUT2D eigenvalue weighted by Gasteiger charge is -2.11. The predicted octanol–water partition coefficient (Wildman–Crippen LogP) is 3.07. The van der Waals surface area contributed by atoms with Crippen molar-refractivity contribution < 1.29 is 0 Å². The number of rotatable bonds is 4. The summed E-state index contributed by atoms with van der Waals surface area (Å²) in [6.07, 6.45) is 6.46. The van der Waals surface area contributed by atoms with Crippen LogP contribution in [0.5, 0.6) is 0 Å². The number of halogens is 1. The molecule has 1 aromatic heterocycles. The van der Waals surface area contributed by atoms with Crippen molar-refractivity contribution in [2.24, 2.45) is 0 Å². The molecule has 0 unspecified atom stereocenters. The van der Waals surface area contributed by atoms with Crippen LogP contribution < -0.4 is 0 Å². The molecule has 1 aromatic rings. The van der Waals surface area contributed by atoms with Gasteiger partial charge in [-0.15, -0.1) is 11.6 Å². The monoisotopic (exact) mass is 171 g/mol. The Labute approximate surface area is 73.0 Å². The lowest BCUT2D eigenvalue weighted by atomic mass is 10.2. The van der Waals surface area contributed by atoms with Gasteiger partial charge in [0.25, 0.3) is 0 Å². The first-order chi connectivity index (χ1) is 5.34. The Bertz CT molecular complexity index is 181. The number of nitrogens with zero attached hydrogens (tertiary/aromatic N) is 1. The Balaban J connectivity index is 2.36. The van der Waals surface area contributed by atoms with Crippen LogP contribution in [0.4, 0.5) is 0 Å². The van der Waals surface area contributed by atoms with E-state index in [0.717, 1.165) is 18.7 Å². The van der Waals surface area contributed by atoms with Gasteiger partial charge in [-0.3, -0.25) is 0 Å². The van der Waals surface area contributed by atoms with Crippen molar-refractivity contribution in [2.45, 2.75) is 25.8 Å². The van der Waals surface area contributed by atoms with E-state index in [0.29, 0.717) is 6.04 Å². The van der Waals surface area contributed by atoms with Gasteiger partial charge in [-0.05, 0) is 31.9 Å². The molecule has 0 aromatic carbocycles. The quantitative estimate of drug-likeness (QED) is 0.614. The lowest BCUT2D eigenvalue weighted by Crippen LogP contribution is -2.01. The van der Waals surface area contributed by atoms with Crippen LogP contribution in [0.1, 0.15) is 25.8 Å². The van der Waals surface area contributed by atoms with E-state index >= 15 is 0 Å². The Morgan fingerprint density at radius 1 is 1.36 bits per heavy atom. The second-order valence-electron chi connectivity index (χ2n) is 2.81. The van der Waals surface area contributed by atoms with Crippen molar-refractivity contribution in [3.8, 4) is 0 Å². The molecule has 11 heavy (non-hydrogen) atoms. The van der Waals surface area contributed by atoms with E-state index in [1.807, 2.05) is 0 Å². The fourth-order valence-electron chi connectivity index (χ4n) is 1.16. The fraction of sp³-hybridized carbons (Fsp3) is 0.556. The highest BCUT2D eigenvalue weighted by atomic mass is 35.5. The third kappa shape index (κ3) is 2.58. The lowest BCUT2D eigenvalue weighted by molar-refractivity contribution is 0.504. The summed E-state index contributed by atoms with van der Waals surface area (Å²) < 4.78 is 2.21. The molecule has 0 amide bonds. The molecule has 62 valence electrons. The molecule has 0 aliphatic heterocycles. The first-order valence-corrected chi connectivity index (χ1v) is 4.56. The zero-order chi connectivity index (χ0) is 8.10. The van der Waals surface area contributed by atoms with Gasteiger partial charge in [0, 0.05) is 24.3 Å². The van der Waals surface area contributed by atoms with Gasteiger partial charge in [0.2, 0.25) is 0 Å². The zero-order valence-electron chi connectivity index (χ0n) is 6.83. The minimum atomic E-state index is 0.587. The summed E-state index contributed by atoms with van der Waals surface area (Å²) in [7, 11) is 0. The highest BCUT2D eigenvalue weighted by Crippen LogP contribution is 2.12. The average Bonchev–Trinajstić information content (AvgIpc) is 2.52. The van der Waals surface area contributed by atoms with Gasteiger partial charge in [0.15, 0.2) is 0 Å². The second-order valence-corrected chi connectivity index (χ2v) is 3.19. The molecule has 1 rings (SSSR count). The van der Waals surface area contributed by atoms with Crippen molar-refractivity contribution >= 4 is 11.6 Å². The summed E-state index contributed by atoms with van der Waals surface area (Å²) in [5.41, 5.74) is 0. The van der Waals surface area contributed by atoms with Crippen molar-refractivity contribution in [1.29, 1.82) is 0 Å². The van der Waals surface area contributed by atoms with Gasteiger partial charge >= 0.3 is 0 Å². The summed E-state index contributed by atoms with van der Waals surface area (Å²) in [6, 6.07) is 4.69. The molecule has 1 nitrogen and oxygen atoms in total. The van der Waals surface area contributed by atoms with E-state index in [9.17, 15) is 0 Å². The topological polar surface area (TPSA) is 4.93 Å². The Morgan fingerprint density at radius 2 is 2.00 bits per heavy atom. The van der Waals surface area contributed by atoms with Crippen LogP contribution in [0.25, 0.3) is 0 Å². The molecule has 0 radical (unpaired) electrons. The van der Waals surface area contributed by atoms with Crippen LogP contribution in [0, 0.1) is 0 Å². The molecule has 0 spiro atoms. The van der Waals surface area contributed by atoms with Gasteiger partial charge in [-0.25, -0.2) is 0 Å². The van der Waals surface area contributed by atoms with Gasteiger partial charge < -0.3 is 4.57 Å². The standard InChI is InChI=1S/C9H14ClN/c1-9(5-4-6-10)11-7-2-3-8-11/h2-3,7-9H,4-6H2,1H3/t9-/m1/s1. The molecule has 1 heterocycles. The average molecular weight is 172 g/mol. The minimum Gasteiger partial charge on any atom is -0.352 e. The smallest absolute Gasteiger partial charge is 0.0302 e. The SMILES string of the molecule is C[C@H](CCCCl)n1cccc1. The number of alkyl halides is 1. The van der Waals surface area contributed by atoms with E-state index in [1.165, 1.54) is 0 Å². The molecule has 0 aliphatic rings. The fourth-order valence-corrected chi connectivity index (χ4v) is 1.32. The number of hydrogen-bond donors (Lipinski definition) is 0. The van der Waals surface area contributed by atoms with Crippen molar-refractivity contribution in [3.05, 3.63) is 24.5 Å². The summed E-state index contributed by atoms with van der Waals surface area (Å²) in [6.45, 7) is 2.21. The third-order valence-corrected chi connectivity index (χ3v) is 2.16. The van der Waals surface area contributed by atoms with Crippen LogP contribution in [-0.2, 0) is 0 Å². The Morgan fingerprint density at radius 3 is 2.55 bits per heavy atom. The molecule has 0 aliphatic carbocycles. The first kappa shape index (κ1) is 8.66. The third-order valence-electron chi connectivity index (χ3n) is 1.89. The number of aromatic nitrogens is 1. The normalized spacial score (nSPS) is 13.3. The molecule has 0 N–H and O–H groups in total. The molecule has 0 bridgehead atoms. The predicted molar refractivity (Wildman–Crippen MR) is 49.1 cm³/mol. The summed E-state index contributed by atoms with van der Waals surface area (Å²) in [5.74, 6) is 0.769. The van der Waals surface area contributed by atoms with Crippen molar-refractivity contribution in [3.63, 3.8) is 0 Å². The molecule has 2 heteroatoms. The van der Waals surface area contributed by atoms with Gasteiger partial charge in [0.05, 0.1) is 0 Å². The molecule has 0 saturated carbocycles. The van der Waals surface area contributed by atoms with Gasteiger partial charge in [-0.1, -0.05) is 0 Å². The Hall–Kier alpha value is -0.430. The molecular weight excluding hydrogens is 158 g/mol. The maximum atomic E-state index is 5.60. The van der Waals surface area contributed by atoms with E-state index in [-0.39, 0.29) is 0 Å². The molecule has 0 saturated heterocycles. The Kier molecular flexibility index (Phi) is 3.50. The van der Waals surface area contributed by atoms with E-state index in [2.05, 4.69) is 36.0 Å². The molecule has 1 atom stereocenters. The van der Waals surface area contributed by atoms with Gasteiger partial charge in [-0.2, -0.15) is 0 Å². The summed E-state index contributed by atoms with van der Waals surface area (Å²) in [4.78, 5) is 0. The van der Waals surface area contributed by atoms with E-state index < -0.39 is 0 Å². The van der Waals surface area contributed by atoms with E-state index in [1.54, 1.807) is 0 Å². The zero-order valence-corrected chi connectivity index (χ0v) is 7.59. The maximum absolute atomic E-state index is 5.60. The largest absolute Gasteiger partial charge is 0.352 e.